The first-order valence-electron chi connectivity index (χ1n) is 13.5. The monoisotopic (exact) mass is 498 g/mol. The van der Waals surface area contributed by atoms with E-state index in [1.807, 2.05) is 35.2 Å². The third kappa shape index (κ3) is 5.64. The molecule has 3 heterocycles. The van der Waals surface area contributed by atoms with Crippen molar-refractivity contribution in [3.8, 4) is 16.9 Å². The zero-order valence-electron chi connectivity index (χ0n) is 22.3. The summed E-state index contributed by atoms with van der Waals surface area (Å²) in [5.74, 6) is 1.06. The molecule has 2 saturated heterocycles. The van der Waals surface area contributed by atoms with Gasteiger partial charge >= 0.3 is 0 Å². The summed E-state index contributed by atoms with van der Waals surface area (Å²) in [5.41, 5.74) is 13.6. The number of piperidine rings is 1. The zero-order valence-corrected chi connectivity index (χ0v) is 22.3. The van der Waals surface area contributed by atoms with E-state index in [2.05, 4.69) is 42.8 Å². The predicted molar refractivity (Wildman–Crippen MR) is 149 cm³/mol. The minimum absolute atomic E-state index is 0.120. The highest BCUT2D eigenvalue weighted by molar-refractivity contribution is 5.94. The molecule has 2 aliphatic rings. The second-order valence-corrected chi connectivity index (χ2v) is 10.6. The fourth-order valence-electron chi connectivity index (χ4n) is 5.84. The molecular weight excluding hydrogens is 460 g/mol. The van der Waals surface area contributed by atoms with Crippen molar-refractivity contribution in [1.82, 2.24) is 14.8 Å². The standard InChI is InChI=1S/C31H38N4O2/c1-21-16-22(2)28(23(3)17-21)20-37-29-18-26(19-33-30(29)32)24-6-8-25(9-7-24)31(36)35-14-10-27(11-15-35)34-12-4-5-13-34/h6-9,16-19,27H,4-5,10-15,20H2,1-3H3,(H2,32,33). The van der Waals surface area contributed by atoms with Gasteiger partial charge < -0.3 is 20.3 Å². The average molecular weight is 499 g/mol. The van der Waals surface area contributed by atoms with Gasteiger partial charge in [0.1, 0.15) is 6.61 Å². The van der Waals surface area contributed by atoms with Crippen molar-refractivity contribution in [1.29, 1.82) is 0 Å². The molecule has 0 saturated carbocycles. The summed E-state index contributed by atoms with van der Waals surface area (Å²) >= 11 is 0. The fourth-order valence-corrected chi connectivity index (χ4v) is 5.84. The van der Waals surface area contributed by atoms with Crippen LogP contribution in [0.3, 0.4) is 0 Å². The number of ether oxygens (including phenoxy) is 1. The molecule has 2 aliphatic heterocycles. The molecule has 2 fully saturated rings. The summed E-state index contributed by atoms with van der Waals surface area (Å²) in [5, 5.41) is 0. The Labute approximate surface area is 220 Å². The Morgan fingerprint density at radius 3 is 2.24 bits per heavy atom. The fraction of sp³-hybridized carbons (Fsp3) is 0.419. The van der Waals surface area contributed by atoms with Gasteiger partial charge in [-0.1, -0.05) is 29.8 Å². The first-order valence-corrected chi connectivity index (χ1v) is 13.5. The van der Waals surface area contributed by atoms with Crippen LogP contribution in [0.25, 0.3) is 11.1 Å². The molecule has 0 aliphatic carbocycles. The van der Waals surface area contributed by atoms with Crippen LogP contribution in [0.5, 0.6) is 5.75 Å². The number of hydrogen-bond acceptors (Lipinski definition) is 5. The Hall–Kier alpha value is -3.38. The summed E-state index contributed by atoms with van der Waals surface area (Å²) in [6, 6.07) is 14.7. The molecule has 1 aromatic heterocycles. The van der Waals surface area contributed by atoms with Gasteiger partial charge in [-0.2, -0.15) is 0 Å². The lowest BCUT2D eigenvalue weighted by Crippen LogP contribution is -2.45. The highest BCUT2D eigenvalue weighted by Gasteiger charge is 2.28. The predicted octanol–water partition coefficient (Wildman–Crippen LogP) is 5.54. The molecule has 2 N–H and O–H groups in total. The molecule has 0 radical (unpaired) electrons. The number of nitrogens with two attached hydrogens (primary N) is 1. The second-order valence-electron chi connectivity index (χ2n) is 10.6. The van der Waals surface area contributed by atoms with Gasteiger partial charge in [0.05, 0.1) is 0 Å². The minimum atomic E-state index is 0.120. The van der Waals surface area contributed by atoms with Crippen LogP contribution in [0.2, 0.25) is 0 Å². The van der Waals surface area contributed by atoms with E-state index in [1.54, 1.807) is 6.20 Å². The lowest BCUT2D eigenvalue weighted by atomic mass is 10.0. The van der Waals surface area contributed by atoms with Crippen molar-refractivity contribution in [2.75, 3.05) is 31.9 Å². The van der Waals surface area contributed by atoms with Crippen LogP contribution >= 0.6 is 0 Å². The van der Waals surface area contributed by atoms with Crippen molar-refractivity contribution in [2.24, 2.45) is 0 Å². The Morgan fingerprint density at radius 2 is 1.59 bits per heavy atom. The third-order valence-electron chi connectivity index (χ3n) is 7.97. The van der Waals surface area contributed by atoms with E-state index in [9.17, 15) is 4.79 Å². The minimum Gasteiger partial charge on any atom is -0.485 e. The molecular formula is C31H38N4O2. The van der Waals surface area contributed by atoms with Gasteiger partial charge in [-0.25, -0.2) is 4.98 Å². The van der Waals surface area contributed by atoms with E-state index in [-0.39, 0.29) is 5.91 Å². The molecule has 6 nitrogen and oxygen atoms in total. The Morgan fingerprint density at radius 1 is 0.946 bits per heavy atom. The molecule has 2 aromatic carbocycles. The van der Waals surface area contributed by atoms with Gasteiger partial charge in [-0.05, 0) is 100.0 Å². The number of hydrogen-bond donors (Lipinski definition) is 1. The number of carbonyl (C=O) groups excluding carboxylic acids is 1. The molecule has 0 atom stereocenters. The Bertz CT molecular complexity index is 1230. The number of nitrogen functional groups attached to an aromatic ring is 1. The van der Waals surface area contributed by atoms with Gasteiger partial charge in [0.2, 0.25) is 0 Å². The van der Waals surface area contributed by atoms with Crippen LogP contribution in [0.1, 0.15) is 58.3 Å². The molecule has 3 aromatic rings. The Kier molecular flexibility index (Phi) is 7.47. The maximum Gasteiger partial charge on any atom is 0.253 e. The highest BCUT2D eigenvalue weighted by atomic mass is 16.5. The number of rotatable bonds is 6. The quantitative estimate of drug-likeness (QED) is 0.483. The number of benzene rings is 2. The van der Waals surface area contributed by atoms with Gasteiger partial charge in [0.15, 0.2) is 11.6 Å². The summed E-state index contributed by atoms with van der Waals surface area (Å²) in [6.07, 6.45) is 6.53. The van der Waals surface area contributed by atoms with Crippen LogP contribution in [0.4, 0.5) is 5.82 Å². The first-order chi connectivity index (χ1) is 17.9. The van der Waals surface area contributed by atoms with Crippen LogP contribution in [0, 0.1) is 20.8 Å². The van der Waals surface area contributed by atoms with Crippen molar-refractivity contribution >= 4 is 11.7 Å². The van der Waals surface area contributed by atoms with Gasteiger partial charge in [-0.15, -0.1) is 0 Å². The van der Waals surface area contributed by atoms with Crippen LogP contribution in [-0.2, 0) is 6.61 Å². The molecule has 37 heavy (non-hydrogen) atoms. The second kappa shape index (κ2) is 10.9. The summed E-state index contributed by atoms with van der Waals surface area (Å²) < 4.78 is 6.12. The molecule has 0 spiro atoms. The maximum absolute atomic E-state index is 13.1. The normalized spacial score (nSPS) is 16.8. The molecule has 5 rings (SSSR count). The van der Waals surface area contributed by atoms with E-state index in [1.165, 1.54) is 48.2 Å². The van der Waals surface area contributed by atoms with Crippen LogP contribution in [0.15, 0.2) is 48.7 Å². The van der Waals surface area contributed by atoms with E-state index >= 15 is 0 Å². The highest BCUT2D eigenvalue weighted by Crippen LogP contribution is 2.29. The van der Waals surface area contributed by atoms with Crippen molar-refractivity contribution in [2.45, 2.75) is 59.1 Å². The van der Waals surface area contributed by atoms with Gasteiger partial charge in [0, 0.05) is 36.5 Å². The van der Waals surface area contributed by atoms with Crippen molar-refractivity contribution < 1.29 is 9.53 Å². The maximum atomic E-state index is 13.1. The molecule has 1 amide bonds. The zero-order chi connectivity index (χ0) is 25.9. The number of nitrogens with zero attached hydrogens (tertiary/aromatic N) is 3. The molecule has 0 unspecified atom stereocenters. The van der Waals surface area contributed by atoms with Crippen LogP contribution < -0.4 is 10.5 Å². The number of anilines is 1. The van der Waals surface area contributed by atoms with E-state index in [0.29, 0.717) is 24.2 Å². The van der Waals surface area contributed by atoms with Crippen molar-refractivity contribution in [3.63, 3.8) is 0 Å². The summed E-state index contributed by atoms with van der Waals surface area (Å²) in [6.45, 7) is 10.9. The van der Waals surface area contributed by atoms with E-state index in [0.717, 1.165) is 42.6 Å². The van der Waals surface area contributed by atoms with Gasteiger partial charge in [0.25, 0.3) is 5.91 Å². The van der Waals surface area contributed by atoms with Crippen molar-refractivity contribution in [3.05, 3.63) is 76.5 Å². The lowest BCUT2D eigenvalue weighted by Gasteiger charge is -2.36. The molecule has 194 valence electrons. The number of amides is 1. The summed E-state index contributed by atoms with van der Waals surface area (Å²) in [4.78, 5) is 22.1. The molecule has 0 bridgehead atoms. The summed E-state index contributed by atoms with van der Waals surface area (Å²) in [7, 11) is 0. The molecule has 6 heteroatoms. The number of carbonyl (C=O) groups is 1. The number of aromatic nitrogens is 1. The Balaban J connectivity index is 1.24. The largest absolute Gasteiger partial charge is 0.485 e. The van der Waals surface area contributed by atoms with E-state index in [4.69, 9.17) is 10.5 Å². The lowest BCUT2D eigenvalue weighted by molar-refractivity contribution is 0.0644. The first kappa shape index (κ1) is 25.3. The topological polar surface area (TPSA) is 71.7 Å². The number of likely N-dealkylation sites (tertiary alicyclic amines) is 2. The SMILES string of the molecule is Cc1cc(C)c(COc2cc(-c3ccc(C(=O)N4CCC(N5CCCC5)CC4)cc3)cnc2N)c(C)c1. The van der Waals surface area contributed by atoms with Gasteiger partial charge in [-0.3, -0.25) is 4.79 Å². The average Bonchev–Trinajstić information content (AvgIpc) is 3.44. The number of aryl methyl sites for hydroxylation is 3. The van der Waals surface area contributed by atoms with E-state index < -0.39 is 0 Å². The number of pyridine rings is 1. The third-order valence-corrected chi connectivity index (χ3v) is 7.97. The smallest absolute Gasteiger partial charge is 0.253 e. The van der Waals surface area contributed by atoms with Crippen LogP contribution in [-0.4, -0.2) is 52.9 Å².